The maximum Gasteiger partial charge on any atom is 0.119 e. The van der Waals surface area contributed by atoms with Crippen molar-refractivity contribution in [1.82, 2.24) is 0 Å². The summed E-state index contributed by atoms with van der Waals surface area (Å²) in [4.78, 5) is 0. The number of oxime groups is 1. The quantitative estimate of drug-likeness (QED) is 0.436. The first-order valence-electron chi connectivity index (χ1n) is 6.80. The monoisotopic (exact) mass is 281 g/mol. The molecule has 0 heterocycles. The smallest absolute Gasteiger partial charge is 0.119 e. The lowest BCUT2D eigenvalue weighted by Crippen LogP contribution is -2.25. The summed E-state index contributed by atoms with van der Waals surface area (Å²) in [6, 6.07) is 7.22. The molecule has 1 atom stereocenters. The maximum atomic E-state index is 9.68. The van der Waals surface area contributed by atoms with Crippen molar-refractivity contribution in [3.63, 3.8) is 0 Å². The summed E-state index contributed by atoms with van der Waals surface area (Å²) < 4.78 is 10.8. The third-order valence-electron chi connectivity index (χ3n) is 2.71. The number of rotatable bonds is 8. The van der Waals surface area contributed by atoms with E-state index in [-0.39, 0.29) is 19.3 Å². The van der Waals surface area contributed by atoms with Gasteiger partial charge in [-0.2, -0.15) is 0 Å². The predicted octanol–water partition coefficient (Wildman–Crippen LogP) is 2.44. The molecule has 20 heavy (non-hydrogen) atoms. The van der Waals surface area contributed by atoms with E-state index in [9.17, 15) is 5.11 Å². The first-order valence-corrected chi connectivity index (χ1v) is 6.80. The van der Waals surface area contributed by atoms with Gasteiger partial charge in [0.1, 0.15) is 18.5 Å². The Balaban J connectivity index is 2.46. The number of aliphatic hydroxyl groups excluding tert-OH is 1. The lowest BCUT2D eigenvalue weighted by atomic mass is 10.1. The predicted molar refractivity (Wildman–Crippen MR) is 77.6 cm³/mol. The minimum atomic E-state index is -0.651. The van der Waals surface area contributed by atoms with Crippen LogP contribution in [0, 0.1) is 0 Å². The van der Waals surface area contributed by atoms with E-state index in [0.29, 0.717) is 17.9 Å². The molecule has 0 fully saturated rings. The fourth-order valence-electron chi connectivity index (χ4n) is 1.62. The average Bonchev–Trinajstić information content (AvgIpc) is 2.45. The van der Waals surface area contributed by atoms with E-state index < -0.39 is 6.10 Å². The lowest BCUT2D eigenvalue weighted by Gasteiger charge is -2.14. The highest BCUT2D eigenvalue weighted by Crippen LogP contribution is 2.14. The van der Waals surface area contributed by atoms with E-state index in [0.717, 1.165) is 5.56 Å². The standard InChI is InChI=1S/C15H23NO4/c1-4-15(16-18)12-5-7-14(8-6-12)20-10-13(17)9-19-11(2)3/h5-8,11,13,17-18H,4,9-10H2,1-3H3. The Labute approximate surface area is 119 Å². The zero-order valence-corrected chi connectivity index (χ0v) is 12.2. The molecule has 0 saturated carbocycles. The van der Waals surface area contributed by atoms with Gasteiger partial charge in [0.15, 0.2) is 0 Å². The van der Waals surface area contributed by atoms with Crippen molar-refractivity contribution in [3.8, 4) is 5.75 Å². The number of hydrogen-bond acceptors (Lipinski definition) is 5. The molecule has 0 bridgehead atoms. The Kier molecular flexibility index (Phi) is 7.04. The van der Waals surface area contributed by atoms with E-state index in [4.69, 9.17) is 14.7 Å². The van der Waals surface area contributed by atoms with E-state index in [1.807, 2.05) is 32.9 Å². The third kappa shape index (κ3) is 5.59. The fraction of sp³-hybridized carbons (Fsp3) is 0.533. The largest absolute Gasteiger partial charge is 0.491 e. The molecule has 0 aliphatic heterocycles. The highest BCUT2D eigenvalue weighted by Gasteiger charge is 2.07. The molecule has 112 valence electrons. The molecule has 0 spiro atoms. The summed E-state index contributed by atoms with van der Waals surface area (Å²) in [5.74, 6) is 0.658. The zero-order chi connectivity index (χ0) is 15.0. The van der Waals surface area contributed by atoms with Gasteiger partial charge in [0.05, 0.1) is 18.4 Å². The molecule has 1 aromatic carbocycles. The van der Waals surface area contributed by atoms with Gasteiger partial charge in [-0.05, 0) is 50.1 Å². The molecule has 0 radical (unpaired) electrons. The van der Waals surface area contributed by atoms with Gasteiger partial charge < -0.3 is 19.8 Å². The van der Waals surface area contributed by atoms with Crippen molar-refractivity contribution in [2.24, 2.45) is 5.16 Å². The number of hydrogen-bond donors (Lipinski definition) is 2. The molecule has 5 nitrogen and oxygen atoms in total. The van der Waals surface area contributed by atoms with E-state index in [2.05, 4.69) is 5.16 Å². The van der Waals surface area contributed by atoms with Gasteiger partial charge >= 0.3 is 0 Å². The Morgan fingerprint density at radius 2 is 1.85 bits per heavy atom. The van der Waals surface area contributed by atoms with Crippen molar-refractivity contribution >= 4 is 5.71 Å². The van der Waals surface area contributed by atoms with Crippen LogP contribution in [0.15, 0.2) is 29.4 Å². The van der Waals surface area contributed by atoms with Crippen LogP contribution in [-0.2, 0) is 4.74 Å². The highest BCUT2D eigenvalue weighted by molar-refractivity contribution is 6.00. The minimum Gasteiger partial charge on any atom is -0.491 e. The highest BCUT2D eigenvalue weighted by atomic mass is 16.5. The van der Waals surface area contributed by atoms with Crippen molar-refractivity contribution in [1.29, 1.82) is 0 Å². The minimum absolute atomic E-state index is 0.0918. The van der Waals surface area contributed by atoms with Crippen LogP contribution in [-0.4, -0.2) is 41.4 Å². The average molecular weight is 281 g/mol. The Morgan fingerprint density at radius 3 is 2.35 bits per heavy atom. The van der Waals surface area contributed by atoms with Gasteiger partial charge in [0, 0.05) is 0 Å². The number of benzene rings is 1. The molecule has 1 aromatic rings. The van der Waals surface area contributed by atoms with Crippen LogP contribution >= 0.6 is 0 Å². The Morgan fingerprint density at radius 1 is 1.20 bits per heavy atom. The normalized spacial score (nSPS) is 13.6. The van der Waals surface area contributed by atoms with Gasteiger partial charge in [-0.25, -0.2) is 0 Å². The zero-order valence-electron chi connectivity index (χ0n) is 12.2. The molecule has 5 heteroatoms. The third-order valence-corrected chi connectivity index (χ3v) is 2.71. The summed E-state index contributed by atoms with van der Waals surface area (Å²) in [5, 5.41) is 21.8. The summed E-state index contributed by atoms with van der Waals surface area (Å²) in [7, 11) is 0. The van der Waals surface area contributed by atoms with E-state index >= 15 is 0 Å². The van der Waals surface area contributed by atoms with Crippen molar-refractivity contribution in [2.75, 3.05) is 13.2 Å². The summed E-state index contributed by atoms with van der Waals surface area (Å²) >= 11 is 0. The fourth-order valence-corrected chi connectivity index (χ4v) is 1.62. The number of aliphatic hydroxyl groups is 1. The molecule has 0 saturated heterocycles. The van der Waals surface area contributed by atoms with Gasteiger partial charge in [0.25, 0.3) is 0 Å². The van der Waals surface area contributed by atoms with Crippen LogP contribution in [0.1, 0.15) is 32.8 Å². The second kappa shape index (κ2) is 8.55. The Bertz CT molecular complexity index is 414. The van der Waals surface area contributed by atoms with Gasteiger partial charge in [-0.3, -0.25) is 0 Å². The molecule has 0 aliphatic rings. The summed E-state index contributed by atoms with van der Waals surface area (Å²) in [5.41, 5.74) is 1.48. The van der Waals surface area contributed by atoms with Gasteiger partial charge in [-0.15, -0.1) is 0 Å². The lowest BCUT2D eigenvalue weighted by molar-refractivity contribution is -0.0122. The van der Waals surface area contributed by atoms with Crippen molar-refractivity contribution in [2.45, 2.75) is 39.4 Å². The SMILES string of the molecule is CCC(=NO)c1ccc(OCC(O)COC(C)C)cc1. The molecule has 1 unspecified atom stereocenters. The molecular weight excluding hydrogens is 258 g/mol. The van der Waals surface area contributed by atoms with Crippen LogP contribution in [0.3, 0.4) is 0 Å². The van der Waals surface area contributed by atoms with Crippen LogP contribution in [0.4, 0.5) is 0 Å². The van der Waals surface area contributed by atoms with E-state index in [1.54, 1.807) is 12.1 Å². The molecule has 2 N–H and O–H groups in total. The van der Waals surface area contributed by atoms with Crippen LogP contribution in [0.25, 0.3) is 0 Å². The molecule has 1 rings (SSSR count). The van der Waals surface area contributed by atoms with Gasteiger partial charge in [0.2, 0.25) is 0 Å². The summed E-state index contributed by atoms with van der Waals surface area (Å²) in [6.45, 7) is 6.19. The van der Waals surface area contributed by atoms with Gasteiger partial charge in [-0.1, -0.05) is 12.1 Å². The van der Waals surface area contributed by atoms with Crippen LogP contribution in [0.2, 0.25) is 0 Å². The first-order chi connectivity index (χ1) is 9.56. The second-order valence-corrected chi connectivity index (χ2v) is 4.77. The summed E-state index contributed by atoms with van der Waals surface area (Å²) in [6.07, 6.45) is 0.0959. The first kappa shape index (κ1) is 16.5. The molecule has 0 amide bonds. The Hall–Kier alpha value is -1.59. The topological polar surface area (TPSA) is 71.3 Å². The van der Waals surface area contributed by atoms with Crippen LogP contribution < -0.4 is 4.74 Å². The molecule has 0 aromatic heterocycles. The maximum absolute atomic E-state index is 9.68. The van der Waals surface area contributed by atoms with Crippen molar-refractivity contribution < 1.29 is 19.8 Å². The molecular formula is C15H23NO4. The van der Waals surface area contributed by atoms with Crippen LogP contribution in [0.5, 0.6) is 5.75 Å². The number of ether oxygens (including phenoxy) is 2. The number of nitrogens with zero attached hydrogens (tertiary/aromatic N) is 1. The van der Waals surface area contributed by atoms with E-state index in [1.165, 1.54) is 0 Å². The second-order valence-electron chi connectivity index (χ2n) is 4.77. The molecule has 0 aliphatic carbocycles. The van der Waals surface area contributed by atoms with Crippen molar-refractivity contribution in [3.05, 3.63) is 29.8 Å².